The van der Waals surface area contributed by atoms with E-state index in [1.54, 1.807) is 0 Å². The van der Waals surface area contributed by atoms with Crippen LogP contribution in [-0.2, 0) is 23.8 Å². The molecule has 0 amide bonds. The van der Waals surface area contributed by atoms with Gasteiger partial charge in [0.25, 0.3) is 0 Å². The van der Waals surface area contributed by atoms with E-state index in [1.165, 1.54) is 20.8 Å². The highest BCUT2D eigenvalue weighted by molar-refractivity contribution is 5.85. The first-order chi connectivity index (χ1) is 22.6. The van der Waals surface area contributed by atoms with Gasteiger partial charge in [-0.15, -0.1) is 0 Å². The van der Waals surface area contributed by atoms with E-state index in [1.807, 2.05) is 0 Å². The molecule has 0 aromatic carbocycles. The van der Waals surface area contributed by atoms with Crippen LogP contribution < -0.4 is 0 Å². The number of rotatable bonds is 9. The average molecular weight is 695 g/mol. The number of carbonyl (C=O) groups is 2. The van der Waals surface area contributed by atoms with Gasteiger partial charge in [0.1, 0.15) is 42.9 Å². The van der Waals surface area contributed by atoms with Gasteiger partial charge >= 0.3 is 5.97 Å². The van der Waals surface area contributed by atoms with Gasteiger partial charge in [0, 0.05) is 24.2 Å². The summed E-state index contributed by atoms with van der Waals surface area (Å²) in [4.78, 5) is 25.0. The van der Waals surface area contributed by atoms with E-state index in [2.05, 4.69) is 34.6 Å². The molecule has 0 aromatic rings. The molecule has 0 spiro atoms. The number of carbonyl (C=O) groups excluding carboxylic acids is 2. The Morgan fingerprint density at radius 3 is 2.31 bits per heavy atom. The van der Waals surface area contributed by atoms with E-state index in [4.69, 9.17) is 14.2 Å². The highest BCUT2D eigenvalue weighted by atomic mass is 16.7. The zero-order valence-electron chi connectivity index (χ0n) is 30.7. The molecule has 6 fully saturated rings. The van der Waals surface area contributed by atoms with Gasteiger partial charge in [0.05, 0.1) is 17.8 Å². The molecule has 6 rings (SSSR count). The Morgan fingerprint density at radius 2 is 1.67 bits per heavy atom. The molecule has 11 unspecified atom stereocenters. The largest absolute Gasteiger partial charge is 0.463 e. The van der Waals surface area contributed by atoms with Crippen LogP contribution in [0.25, 0.3) is 0 Å². The molecule has 0 bridgehead atoms. The minimum Gasteiger partial charge on any atom is -0.463 e. The number of aliphatic hydroxyl groups excluding tert-OH is 5. The maximum Gasteiger partial charge on any atom is 0.302 e. The number of ether oxygens (including phenoxy) is 3. The number of hydrogen-bond donors (Lipinski definition) is 6. The summed E-state index contributed by atoms with van der Waals surface area (Å²) < 4.78 is 18.1. The Morgan fingerprint density at radius 1 is 1.00 bits per heavy atom. The SMILES string of the molecule is CC(=O)OCC1OC(OC2CC3C(C)(C)C(=O)CC[C@]3(C)C3CC[C@]45C[C@]4(CCC5[C@@H](C)CC(O)C(O)C(C)(C)O)[C@]23C)C(O)C(O)C1O. The monoisotopic (exact) mass is 694 g/mol. The summed E-state index contributed by atoms with van der Waals surface area (Å²) in [5.41, 5.74) is -2.55. The van der Waals surface area contributed by atoms with Crippen molar-refractivity contribution in [2.24, 2.45) is 50.7 Å². The van der Waals surface area contributed by atoms with Crippen molar-refractivity contribution in [1.82, 2.24) is 0 Å². The van der Waals surface area contributed by atoms with Crippen LogP contribution in [0.2, 0.25) is 0 Å². The van der Waals surface area contributed by atoms with Crippen molar-refractivity contribution in [2.45, 2.75) is 168 Å². The Kier molecular flexibility index (Phi) is 9.34. The second-order valence-electron chi connectivity index (χ2n) is 18.7. The van der Waals surface area contributed by atoms with Gasteiger partial charge in [-0.25, -0.2) is 0 Å². The summed E-state index contributed by atoms with van der Waals surface area (Å²) in [5.74, 6) is 0.356. The third-order valence-corrected chi connectivity index (χ3v) is 15.7. The van der Waals surface area contributed by atoms with Crippen molar-refractivity contribution < 1.29 is 54.4 Å². The van der Waals surface area contributed by atoms with Crippen LogP contribution in [0.3, 0.4) is 0 Å². The van der Waals surface area contributed by atoms with Crippen molar-refractivity contribution in [1.29, 1.82) is 0 Å². The topological polar surface area (TPSA) is 183 Å². The van der Waals surface area contributed by atoms with E-state index < -0.39 is 66.0 Å². The molecular weight excluding hydrogens is 632 g/mol. The lowest BCUT2D eigenvalue weighted by atomic mass is 9.37. The third-order valence-electron chi connectivity index (χ3n) is 15.7. The van der Waals surface area contributed by atoms with Crippen LogP contribution in [0.5, 0.6) is 0 Å². The Balaban J connectivity index is 1.34. The number of aliphatic hydroxyl groups is 6. The molecule has 0 radical (unpaired) electrons. The fraction of sp³-hybridized carbons (Fsp3) is 0.947. The van der Waals surface area contributed by atoms with E-state index >= 15 is 0 Å². The molecular formula is C38H62O11. The predicted molar refractivity (Wildman–Crippen MR) is 178 cm³/mol. The van der Waals surface area contributed by atoms with Crippen molar-refractivity contribution in [2.75, 3.05) is 6.61 Å². The van der Waals surface area contributed by atoms with E-state index in [9.17, 15) is 40.2 Å². The standard InChI is InChI=1S/C38H62O11/c1-19(15-22(40)31(45)34(5,6)46)21-9-14-38-18-37(21,38)13-10-24-35(7)12-11-26(41)33(3,4)25(35)16-27(36(24,38)8)49-32-30(44)29(43)28(42)23(48-32)17-47-20(2)39/h19,21-25,27-32,40,42-46H,9-18H2,1-8H3/t19-,21?,22?,23?,24?,25?,27?,28?,29?,30?,31?,32?,35+,36-,37+,38+/m0/s1. The zero-order valence-corrected chi connectivity index (χ0v) is 30.7. The maximum absolute atomic E-state index is 13.5. The van der Waals surface area contributed by atoms with Gasteiger partial charge in [-0.05, 0) is 105 Å². The summed E-state index contributed by atoms with van der Waals surface area (Å²) >= 11 is 0. The van der Waals surface area contributed by atoms with Gasteiger partial charge in [0.15, 0.2) is 6.29 Å². The van der Waals surface area contributed by atoms with Gasteiger partial charge in [-0.3, -0.25) is 9.59 Å². The lowest BCUT2D eigenvalue weighted by Gasteiger charge is -2.68. The second kappa shape index (κ2) is 12.2. The van der Waals surface area contributed by atoms with Crippen LogP contribution in [0.4, 0.5) is 0 Å². The van der Waals surface area contributed by atoms with Crippen LogP contribution >= 0.6 is 0 Å². The van der Waals surface area contributed by atoms with E-state index in [-0.39, 0.29) is 51.8 Å². The fourth-order valence-corrected chi connectivity index (χ4v) is 13.1. The molecule has 6 N–H and O–H groups in total. The number of ketones is 1. The molecule has 5 saturated carbocycles. The zero-order chi connectivity index (χ0) is 36.3. The average Bonchev–Trinajstić information content (AvgIpc) is 3.58. The van der Waals surface area contributed by atoms with Crippen molar-refractivity contribution in [3.8, 4) is 0 Å². The van der Waals surface area contributed by atoms with E-state index in [0.29, 0.717) is 25.2 Å². The molecule has 0 aromatic heterocycles. The highest BCUT2D eigenvalue weighted by Crippen LogP contribution is 2.91. The molecule has 1 saturated heterocycles. The Bertz CT molecular complexity index is 1300. The van der Waals surface area contributed by atoms with Crippen LogP contribution in [0.1, 0.15) is 113 Å². The molecule has 5 aliphatic carbocycles. The lowest BCUT2D eigenvalue weighted by Crippen LogP contribution is -2.68. The summed E-state index contributed by atoms with van der Waals surface area (Å²) in [6.45, 7) is 15.0. The lowest BCUT2D eigenvalue weighted by molar-refractivity contribution is -0.341. The summed E-state index contributed by atoms with van der Waals surface area (Å²) in [6.07, 6.45) is -2.42. The first-order valence-electron chi connectivity index (χ1n) is 18.7. The van der Waals surface area contributed by atoms with Crippen LogP contribution in [0, 0.1) is 50.7 Å². The normalized spacial score (nSPS) is 49.1. The third kappa shape index (κ3) is 5.41. The van der Waals surface area contributed by atoms with Gasteiger partial charge in [-0.1, -0.05) is 34.6 Å². The van der Waals surface area contributed by atoms with Crippen molar-refractivity contribution >= 4 is 11.8 Å². The molecule has 11 heteroatoms. The number of Topliss-reactive ketones (excluding diaryl/α,β-unsaturated/α-hetero) is 1. The molecule has 6 aliphatic rings. The summed E-state index contributed by atoms with van der Waals surface area (Å²) in [5, 5.41) is 64.8. The molecule has 1 aliphatic heterocycles. The number of esters is 1. The molecule has 280 valence electrons. The van der Waals surface area contributed by atoms with Gasteiger partial charge < -0.3 is 44.8 Å². The molecule has 11 nitrogen and oxygen atoms in total. The Labute approximate surface area is 291 Å². The minimum absolute atomic E-state index is 0.0154. The first-order valence-corrected chi connectivity index (χ1v) is 18.7. The number of hydrogen-bond acceptors (Lipinski definition) is 11. The first kappa shape index (κ1) is 37.6. The Hall–Kier alpha value is -1.18. The maximum atomic E-state index is 13.5. The van der Waals surface area contributed by atoms with Crippen LogP contribution in [0.15, 0.2) is 0 Å². The van der Waals surface area contributed by atoms with E-state index in [0.717, 1.165) is 38.5 Å². The van der Waals surface area contributed by atoms with Crippen molar-refractivity contribution in [3.63, 3.8) is 0 Å². The molecule has 1 heterocycles. The van der Waals surface area contributed by atoms with Crippen molar-refractivity contribution in [3.05, 3.63) is 0 Å². The number of fused-ring (bicyclic) bond motifs is 3. The van der Waals surface area contributed by atoms with Crippen LogP contribution in [-0.4, -0.2) is 104 Å². The van der Waals surface area contributed by atoms with Gasteiger partial charge in [-0.2, -0.15) is 0 Å². The predicted octanol–water partition coefficient (Wildman–Crippen LogP) is 2.88. The fourth-order valence-electron chi connectivity index (χ4n) is 13.1. The minimum atomic E-state index is -1.57. The summed E-state index contributed by atoms with van der Waals surface area (Å²) in [6, 6.07) is 0. The summed E-state index contributed by atoms with van der Waals surface area (Å²) in [7, 11) is 0. The smallest absolute Gasteiger partial charge is 0.302 e. The highest BCUT2D eigenvalue weighted by Gasteiger charge is 2.85. The van der Waals surface area contributed by atoms with Gasteiger partial charge in [0.2, 0.25) is 0 Å². The molecule has 16 atom stereocenters. The quantitative estimate of drug-likeness (QED) is 0.154. The second-order valence-corrected chi connectivity index (χ2v) is 18.7. The molecule has 49 heavy (non-hydrogen) atoms.